The molecule has 2 aliphatic heterocycles. The average Bonchev–Trinajstić information content (AvgIpc) is 3.74. The molecule has 1 aliphatic carbocycles. The number of imidazole rings is 1. The molecule has 6 aromatic rings. The number of nitrogens with zero attached hydrogens (tertiary/aromatic N) is 4. The number of nitrogens with one attached hydrogen (secondary N) is 3. The number of anilines is 2. The number of amides is 4. The van der Waals surface area contributed by atoms with Crippen LogP contribution in [0.4, 0.5) is 22.1 Å². The number of ketones is 1. The lowest BCUT2D eigenvalue weighted by Crippen LogP contribution is -2.56. The number of non-ortho nitro benzene ring substituents is 1. The zero-order valence-electron chi connectivity index (χ0n) is 35.7. The molecule has 16 nitrogen and oxygen atoms in total. The molecule has 3 heterocycles. The van der Waals surface area contributed by atoms with E-state index in [1.54, 1.807) is 30.3 Å². The second-order valence-electron chi connectivity index (χ2n) is 15.8. The summed E-state index contributed by atoms with van der Waals surface area (Å²) < 4.78 is 4.51. The summed E-state index contributed by atoms with van der Waals surface area (Å²) in [4.78, 5) is 82.0. The van der Waals surface area contributed by atoms with Crippen molar-refractivity contribution < 1.29 is 38.7 Å². The fraction of sp³-hybridized carbons (Fsp3) is 0.250. The van der Waals surface area contributed by atoms with Gasteiger partial charge in [0.25, 0.3) is 11.6 Å². The standard InChI is InChI=1S/C19H24N2O2.C16H13N3O3.C13H8Cl2N2O4/c22-18-13-20(19(23)15-7-2-1-3-8-15)12-17-16-9-5-4-6-14(16)10-11-21(17)18;1-22-16(21)19-15-17-12-8-7-11(9-13(12)18-15)14(20)10-5-3-2-4-6-10;14-7-1-4-12(18)9(5-7)13(19)16-11-3-2-8(17(20)21)6-10(11)15/h4-6,9,15,17H,1-3,7-8,10-13H2;2-9H,1H3,(H2,17,18,19,21);1-6,18H,(H,16,19). The number of H-pyrrole nitrogens is 1. The van der Waals surface area contributed by atoms with Crippen LogP contribution >= 0.6 is 23.2 Å². The summed E-state index contributed by atoms with van der Waals surface area (Å²) in [6.45, 7) is 1.72. The second-order valence-corrected chi connectivity index (χ2v) is 16.6. The third-order valence-corrected chi connectivity index (χ3v) is 12.1. The van der Waals surface area contributed by atoms with Crippen molar-refractivity contribution in [2.24, 2.45) is 5.92 Å². The molecule has 0 bridgehead atoms. The highest BCUT2D eigenvalue weighted by Gasteiger charge is 2.40. The quantitative estimate of drug-likeness (QED) is 0.0675. The van der Waals surface area contributed by atoms with E-state index in [0.29, 0.717) is 28.7 Å². The molecule has 1 saturated heterocycles. The van der Waals surface area contributed by atoms with Gasteiger partial charge in [0.1, 0.15) is 5.75 Å². The minimum atomic E-state index is -0.634. The molecule has 340 valence electrons. The number of fused-ring (bicyclic) bond motifs is 4. The van der Waals surface area contributed by atoms with Crippen LogP contribution in [0.2, 0.25) is 10.0 Å². The molecule has 18 heteroatoms. The maximum atomic E-state index is 12.8. The highest BCUT2D eigenvalue weighted by atomic mass is 35.5. The fourth-order valence-electron chi connectivity index (χ4n) is 8.16. The van der Waals surface area contributed by atoms with Crippen LogP contribution in [0.25, 0.3) is 11.0 Å². The van der Waals surface area contributed by atoms with Gasteiger partial charge in [-0.15, -0.1) is 0 Å². The summed E-state index contributed by atoms with van der Waals surface area (Å²) in [6, 6.07) is 30.2. The number of carbonyl (C=O) groups is 5. The highest BCUT2D eigenvalue weighted by Crippen LogP contribution is 2.35. The van der Waals surface area contributed by atoms with E-state index >= 15 is 0 Å². The van der Waals surface area contributed by atoms with Crippen molar-refractivity contribution >= 4 is 81.2 Å². The summed E-state index contributed by atoms with van der Waals surface area (Å²) in [5.41, 5.74) is 5.00. The first-order valence-electron chi connectivity index (χ1n) is 21.1. The Morgan fingerprint density at radius 3 is 2.35 bits per heavy atom. The number of aromatic amines is 1. The van der Waals surface area contributed by atoms with Crippen LogP contribution < -0.4 is 10.6 Å². The third kappa shape index (κ3) is 11.1. The zero-order chi connectivity index (χ0) is 46.9. The number of phenolic OH excluding ortho intramolecular Hbond substituents is 1. The summed E-state index contributed by atoms with van der Waals surface area (Å²) >= 11 is 11.6. The third-order valence-electron chi connectivity index (χ3n) is 11.5. The number of hydrogen-bond acceptors (Lipinski definition) is 10. The van der Waals surface area contributed by atoms with Crippen molar-refractivity contribution in [3.63, 3.8) is 0 Å². The number of methoxy groups -OCH3 is 1. The molecule has 4 amide bonds. The molecule has 1 saturated carbocycles. The smallest absolute Gasteiger partial charge is 0.413 e. The molecule has 1 aromatic heterocycles. The molecule has 1 atom stereocenters. The Morgan fingerprint density at radius 1 is 0.879 bits per heavy atom. The summed E-state index contributed by atoms with van der Waals surface area (Å²) in [7, 11) is 1.27. The Balaban J connectivity index is 0.000000148. The fourth-order valence-corrected chi connectivity index (χ4v) is 8.56. The van der Waals surface area contributed by atoms with Crippen molar-refractivity contribution in [1.82, 2.24) is 19.8 Å². The first kappa shape index (κ1) is 46.7. The van der Waals surface area contributed by atoms with Gasteiger partial charge in [0.05, 0.1) is 51.9 Å². The Labute approximate surface area is 389 Å². The SMILES string of the molecule is COC(=O)Nc1nc2ccc(C(=O)c3ccccc3)cc2[nH]1.O=C(C1CCCCC1)N1CC(=O)N2CCc3ccccc3C2C1.O=C(Nc1ccc([N+](=O)[O-])cc1Cl)c1cc(Cl)ccc1O. The van der Waals surface area contributed by atoms with E-state index in [1.807, 2.05) is 34.1 Å². The second kappa shape index (κ2) is 21.1. The number of aromatic nitrogens is 2. The number of aromatic hydroxyl groups is 1. The van der Waals surface area contributed by atoms with Crippen LogP contribution in [0.3, 0.4) is 0 Å². The van der Waals surface area contributed by atoms with E-state index in [1.165, 1.54) is 55.0 Å². The van der Waals surface area contributed by atoms with Crippen molar-refractivity contribution in [2.45, 2.75) is 44.6 Å². The number of hydrogen-bond donors (Lipinski definition) is 4. The van der Waals surface area contributed by atoms with Crippen molar-refractivity contribution in [2.75, 3.05) is 37.4 Å². The summed E-state index contributed by atoms with van der Waals surface area (Å²) in [5, 5.41) is 25.4. The van der Waals surface area contributed by atoms with E-state index in [4.69, 9.17) is 23.2 Å². The van der Waals surface area contributed by atoms with Gasteiger partial charge in [0.15, 0.2) is 5.78 Å². The summed E-state index contributed by atoms with van der Waals surface area (Å²) in [6.07, 6.45) is 5.84. The number of phenols is 1. The number of carbonyl (C=O) groups excluding carboxylic acids is 5. The van der Waals surface area contributed by atoms with Crippen LogP contribution in [0.5, 0.6) is 5.75 Å². The van der Waals surface area contributed by atoms with E-state index in [0.717, 1.165) is 44.7 Å². The molecule has 0 spiro atoms. The van der Waals surface area contributed by atoms with Gasteiger partial charge in [-0.1, -0.05) is 97.1 Å². The highest BCUT2D eigenvalue weighted by molar-refractivity contribution is 6.34. The van der Waals surface area contributed by atoms with Crippen LogP contribution in [0.15, 0.2) is 109 Å². The van der Waals surface area contributed by atoms with E-state index in [2.05, 4.69) is 43.5 Å². The van der Waals surface area contributed by atoms with Crippen molar-refractivity contribution in [3.05, 3.63) is 157 Å². The molecule has 0 radical (unpaired) electrons. The Kier molecular flexibility index (Phi) is 14.9. The molecular formula is C48H45Cl2N7O9. The number of benzene rings is 5. The van der Waals surface area contributed by atoms with Gasteiger partial charge >= 0.3 is 6.09 Å². The number of nitro groups is 1. The molecule has 9 rings (SSSR count). The lowest BCUT2D eigenvalue weighted by molar-refractivity contribution is -0.384. The van der Waals surface area contributed by atoms with E-state index in [-0.39, 0.29) is 74.8 Å². The minimum absolute atomic E-state index is 0.0130. The van der Waals surface area contributed by atoms with Crippen molar-refractivity contribution in [3.8, 4) is 5.75 Å². The first-order chi connectivity index (χ1) is 31.8. The molecule has 3 aliphatic rings. The number of nitro benzene ring substituents is 1. The van der Waals surface area contributed by atoms with Gasteiger partial charge in [-0.25, -0.2) is 9.78 Å². The largest absolute Gasteiger partial charge is 0.507 e. The van der Waals surface area contributed by atoms with Gasteiger partial charge in [0, 0.05) is 47.3 Å². The van der Waals surface area contributed by atoms with Crippen molar-refractivity contribution in [1.29, 1.82) is 0 Å². The minimum Gasteiger partial charge on any atom is -0.507 e. The summed E-state index contributed by atoms with van der Waals surface area (Å²) in [5.74, 6) is -0.214. The van der Waals surface area contributed by atoms with Crippen LogP contribution in [-0.2, 0) is 20.7 Å². The zero-order valence-corrected chi connectivity index (χ0v) is 37.2. The van der Waals surface area contributed by atoms with Gasteiger partial charge < -0.3 is 29.9 Å². The molecule has 1 unspecified atom stereocenters. The number of ether oxygens (including phenoxy) is 1. The maximum Gasteiger partial charge on any atom is 0.413 e. The number of rotatable bonds is 7. The molecule has 2 fully saturated rings. The predicted molar refractivity (Wildman–Crippen MR) is 249 cm³/mol. The molecule has 66 heavy (non-hydrogen) atoms. The van der Waals surface area contributed by atoms with Crippen LogP contribution in [0, 0.1) is 16.0 Å². The monoisotopic (exact) mass is 933 g/mol. The lowest BCUT2D eigenvalue weighted by atomic mass is 9.87. The maximum absolute atomic E-state index is 12.8. The molecule has 4 N–H and O–H groups in total. The Hall–Kier alpha value is -7.30. The first-order valence-corrected chi connectivity index (χ1v) is 21.9. The topological polar surface area (TPSA) is 217 Å². The number of halogens is 2. The predicted octanol–water partition coefficient (Wildman–Crippen LogP) is 9.37. The van der Waals surface area contributed by atoms with Crippen LogP contribution in [0.1, 0.15) is 75.6 Å². The normalized spacial score (nSPS) is 15.4. The Bertz CT molecular complexity index is 2800. The van der Waals surface area contributed by atoms with Crippen LogP contribution in [-0.4, -0.2) is 86.1 Å². The Morgan fingerprint density at radius 2 is 1.62 bits per heavy atom. The lowest BCUT2D eigenvalue weighted by Gasteiger charge is -2.45. The molecule has 5 aromatic carbocycles. The van der Waals surface area contributed by atoms with Gasteiger partial charge in [-0.2, -0.15) is 0 Å². The number of piperazine rings is 1. The molecular weight excluding hydrogens is 889 g/mol. The van der Waals surface area contributed by atoms with Gasteiger partial charge in [-0.05, 0) is 72.9 Å². The average molecular weight is 935 g/mol. The van der Waals surface area contributed by atoms with Gasteiger partial charge in [0.2, 0.25) is 17.8 Å². The van der Waals surface area contributed by atoms with E-state index in [9.17, 15) is 39.2 Å². The van der Waals surface area contributed by atoms with Gasteiger partial charge in [-0.3, -0.25) is 34.6 Å². The van der Waals surface area contributed by atoms with E-state index < -0.39 is 16.9 Å².